The molecule has 162 valence electrons. The van der Waals surface area contributed by atoms with Gasteiger partial charge in [0.25, 0.3) is 11.7 Å². The second kappa shape index (κ2) is 8.67. The summed E-state index contributed by atoms with van der Waals surface area (Å²) in [5.74, 6) is -1.66. The van der Waals surface area contributed by atoms with Crippen molar-refractivity contribution in [1.82, 2.24) is 0 Å². The van der Waals surface area contributed by atoms with Crippen LogP contribution in [0, 0.1) is 12.7 Å². The maximum atomic E-state index is 13.6. The zero-order chi connectivity index (χ0) is 22.8. The maximum absolute atomic E-state index is 13.6. The molecular weight excluding hydrogens is 409 g/mol. The van der Waals surface area contributed by atoms with Gasteiger partial charge >= 0.3 is 0 Å². The lowest BCUT2D eigenvalue weighted by Crippen LogP contribution is -2.29. The Balaban J connectivity index is 1.88. The molecule has 1 atom stereocenters. The van der Waals surface area contributed by atoms with Gasteiger partial charge in [-0.15, -0.1) is 0 Å². The molecule has 3 aromatic carbocycles. The first-order valence-corrected chi connectivity index (χ1v) is 10.3. The van der Waals surface area contributed by atoms with Gasteiger partial charge in [-0.1, -0.05) is 29.8 Å². The summed E-state index contributed by atoms with van der Waals surface area (Å²) in [5, 5.41) is 11.1. The monoisotopic (exact) mass is 431 g/mol. The average Bonchev–Trinajstić information content (AvgIpc) is 3.06. The van der Waals surface area contributed by atoms with Gasteiger partial charge in [0.1, 0.15) is 17.3 Å². The zero-order valence-electron chi connectivity index (χ0n) is 17.7. The van der Waals surface area contributed by atoms with E-state index in [1.54, 1.807) is 36.4 Å². The number of aliphatic hydroxyl groups excluding tert-OH is 1. The fraction of sp³-hybridized carbons (Fsp3) is 0.154. The lowest BCUT2D eigenvalue weighted by Gasteiger charge is -2.25. The molecule has 1 unspecified atom stereocenters. The minimum Gasteiger partial charge on any atom is -0.507 e. The van der Waals surface area contributed by atoms with Crippen molar-refractivity contribution >= 4 is 23.1 Å². The molecule has 0 aliphatic carbocycles. The minimum atomic E-state index is -0.898. The first-order chi connectivity index (χ1) is 15.4. The first-order valence-electron chi connectivity index (χ1n) is 10.3. The summed E-state index contributed by atoms with van der Waals surface area (Å²) in [7, 11) is 0. The number of carbonyl (C=O) groups excluding carboxylic acids is 2. The van der Waals surface area contributed by atoms with Crippen LogP contribution in [0.2, 0.25) is 0 Å². The van der Waals surface area contributed by atoms with Crippen molar-refractivity contribution in [2.24, 2.45) is 0 Å². The Labute approximate surface area is 185 Å². The topological polar surface area (TPSA) is 66.8 Å². The fourth-order valence-corrected chi connectivity index (χ4v) is 3.80. The van der Waals surface area contributed by atoms with Crippen LogP contribution in [0.3, 0.4) is 0 Å². The van der Waals surface area contributed by atoms with Crippen molar-refractivity contribution in [2.75, 3.05) is 11.5 Å². The number of halogens is 1. The number of nitrogens with zero attached hydrogens (tertiary/aromatic N) is 1. The largest absolute Gasteiger partial charge is 0.507 e. The Bertz CT molecular complexity index is 1180. The molecule has 5 nitrogen and oxygen atoms in total. The summed E-state index contributed by atoms with van der Waals surface area (Å²) in [6.45, 7) is 4.28. The van der Waals surface area contributed by atoms with Gasteiger partial charge in [-0.05, 0) is 67.9 Å². The number of hydrogen-bond donors (Lipinski definition) is 1. The second-order valence-corrected chi connectivity index (χ2v) is 7.51. The van der Waals surface area contributed by atoms with Gasteiger partial charge in [-0.3, -0.25) is 14.5 Å². The standard InChI is InChI=1S/C26H22FNO4/c1-3-32-21-14-8-18(9-15-21)24(29)22-23(17-6-10-19(27)11-7-17)28(26(31)25(22)30)20-12-4-16(2)5-13-20/h4-15,23,29H,3H2,1-2H3/b24-22+. The van der Waals surface area contributed by atoms with Crippen molar-refractivity contribution < 1.29 is 23.8 Å². The molecule has 4 rings (SSSR count). The summed E-state index contributed by atoms with van der Waals surface area (Å²) < 4.78 is 19.0. The molecule has 0 aromatic heterocycles. The second-order valence-electron chi connectivity index (χ2n) is 7.51. The van der Waals surface area contributed by atoms with Crippen LogP contribution >= 0.6 is 0 Å². The van der Waals surface area contributed by atoms with Crippen LogP contribution in [0.15, 0.2) is 78.4 Å². The number of ketones is 1. The minimum absolute atomic E-state index is 0.0497. The summed E-state index contributed by atoms with van der Waals surface area (Å²) in [5.41, 5.74) is 2.35. The van der Waals surface area contributed by atoms with E-state index in [0.717, 1.165) is 5.56 Å². The van der Waals surface area contributed by atoms with E-state index in [1.807, 2.05) is 26.0 Å². The highest BCUT2D eigenvalue weighted by Crippen LogP contribution is 2.42. The number of Topliss-reactive ketones (excluding diaryl/α,β-unsaturated/α-hetero) is 1. The molecule has 3 aromatic rings. The molecule has 1 heterocycles. The van der Waals surface area contributed by atoms with Crippen molar-refractivity contribution in [3.63, 3.8) is 0 Å². The summed E-state index contributed by atoms with van der Waals surface area (Å²) in [6, 6.07) is 18.4. The van der Waals surface area contributed by atoms with Crippen molar-refractivity contribution in [2.45, 2.75) is 19.9 Å². The van der Waals surface area contributed by atoms with Crippen LogP contribution in [0.5, 0.6) is 5.75 Å². The van der Waals surface area contributed by atoms with Gasteiger partial charge in [0.05, 0.1) is 18.2 Å². The molecule has 0 saturated carbocycles. The Morgan fingerprint density at radius 3 is 2.19 bits per heavy atom. The normalized spacial score (nSPS) is 17.6. The lowest BCUT2D eigenvalue weighted by molar-refractivity contribution is -0.132. The number of aryl methyl sites for hydroxylation is 1. The van der Waals surface area contributed by atoms with Gasteiger partial charge in [-0.25, -0.2) is 4.39 Å². The third kappa shape index (κ3) is 3.87. The molecule has 1 saturated heterocycles. The highest BCUT2D eigenvalue weighted by molar-refractivity contribution is 6.51. The van der Waals surface area contributed by atoms with Gasteiger partial charge in [-0.2, -0.15) is 0 Å². The van der Waals surface area contributed by atoms with E-state index in [0.29, 0.717) is 29.2 Å². The fourth-order valence-electron chi connectivity index (χ4n) is 3.80. The van der Waals surface area contributed by atoms with E-state index >= 15 is 0 Å². The van der Waals surface area contributed by atoms with Crippen LogP contribution in [0.4, 0.5) is 10.1 Å². The van der Waals surface area contributed by atoms with Gasteiger partial charge < -0.3 is 9.84 Å². The van der Waals surface area contributed by atoms with Crippen LogP contribution in [-0.4, -0.2) is 23.4 Å². The van der Waals surface area contributed by atoms with Gasteiger partial charge in [0, 0.05) is 11.3 Å². The van der Waals surface area contributed by atoms with E-state index in [2.05, 4.69) is 0 Å². The highest BCUT2D eigenvalue weighted by Gasteiger charge is 2.46. The van der Waals surface area contributed by atoms with E-state index in [-0.39, 0.29) is 11.3 Å². The molecule has 1 fully saturated rings. The predicted molar refractivity (Wildman–Crippen MR) is 120 cm³/mol. The predicted octanol–water partition coefficient (Wildman–Crippen LogP) is 5.16. The summed E-state index contributed by atoms with van der Waals surface area (Å²) >= 11 is 0. The maximum Gasteiger partial charge on any atom is 0.300 e. The van der Waals surface area contributed by atoms with Crippen LogP contribution in [0.25, 0.3) is 5.76 Å². The number of carbonyl (C=O) groups is 2. The third-order valence-electron chi connectivity index (χ3n) is 5.38. The van der Waals surface area contributed by atoms with E-state index in [1.165, 1.54) is 29.2 Å². The molecule has 1 aliphatic heterocycles. The molecule has 1 amide bonds. The van der Waals surface area contributed by atoms with E-state index in [9.17, 15) is 19.1 Å². The van der Waals surface area contributed by atoms with E-state index < -0.39 is 23.5 Å². The number of aliphatic hydroxyl groups is 1. The quantitative estimate of drug-likeness (QED) is 0.344. The number of rotatable bonds is 5. The molecular formula is C26H22FNO4. The molecule has 0 radical (unpaired) electrons. The number of amides is 1. The lowest BCUT2D eigenvalue weighted by atomic mass is 9.95. The number of anilines is 1. The highest BCUT2D eigenvalue weighted by atomic mass is 19.1. The first kappa shape index (κ1) is 21.3. The van der Waals surface area contributed by atoms with Crippen LogP contribution in [-0.2, 0) is 9.59 Å². The third-order valence-corrected chi connectivity index (χ3v) is 5.38. The smallest absolute Gasteiger partial charge is 0.300 e. The van der Waals surface area contributed by atoms with Crippen molar-refractivity contribution in [3.8, 4) is 5.75 Å². The molecule has 6 heteroatoms. The summed E-state index contributed by atoms with van der Waals surface area (Å²) in [4.78, 5) is 27.5. The number of hydrogen-bond acceptors (Lipinski definition) is 4. The Hall–Kier alpha value is -3.93. The van der Waals surface area contributed by atoms with Gasteiger partial charge in [0.15, 0.2) is 0 Å². The average molecular weight is 431 g/mol. The van der Waals surface area contributed by atoms with Crippen LogP contribution in [0.1, 0.15) is 29.7 Å². The van der Waals surface area contributed by atoms with Crippen LogP contribution < -0.4 is 9.64 Å². The molecule has 32 heavy (non-hydrogen) atoms. The van der Waals surface area contributed by atoms with Gasteiger partial charge in [0.2, 0.25) is 0 Å². The van der Waals surface area contributed by atoms with E-state index in [4.69, 9.17) is 4.74 Å². The zero-order valence-corrected chi connectivity index (χ0v) is 17.7. The molecule has 0 spiro atoms. The van der Waals surface area contributed by atoms with Crippen molar-refractivity contribution in [3.05, 3.63) is 101 Å². The summed E-state index contributed by atoms with van der Waals surface area (Å²) in [6.07, 6.45) is 0. The molecule has 1 aliphatic rings. The Morgan fingerprint density at radius 1 is 0.969 bits per heavy atom. The number of ether oxygens (including phenoxy) is 1. The Kier molecular flexibility index (Phi) is 5.77. The van der Waals surface area contributed by atoms with Crippen molar-refractivity contribution in [1.29, 1.82) is 0 Å². The SMILES string of the molecule is CCOc1ccc(/C(O)=C2\C(=O)C(=O)N(c3ccc(C)cc3)C2c2ccc(F)cc2)cc1. The number of benzene rings is 3. The molecule has 1 N–H and O–H groups in total. The molecule has 0 bridgehead atoms. The Morgan fingerprint density at radius 2 is 1.59 bits per heavy atom.